The van der Waals surface area contributed by atoms with Crippen molar-refractivity contribution in [2.45, 2.75) is 29.9 Å². The van der Waals surface area contributed by atoms with Crippen LogP contribution in [0.3, 0.4) is 0 Å². The minimum Gasteiger partial charge on any atom is -0.396 e. The van der Waals surface area contributed by atoms with Gasteiger partial charge >= 0.3 is 0 Å². The first-order valence-electron chi connectivity index (χ1n) is 6.28. The van der Waals surface area contributed by atoms with Crippen LogP contribution in [-0.4, -0.2) is 40.4 Å². The van der Waals surface area contributed by atoms with E-state index in [0.29, 0.717) is 23.8 Å². The summed E-state index contributed by atoms with van der Waals surface area (Å²) in [6.45, 7) is 1.19. The molecule has 2 N–H and O–H groups in total. The van der Waals surface area contributed by atoms with E-state index in [2.05, 4.69) is 4.72 Å². The summed E-state index contributed by atoms with van der Waals surface area (Å²) in [5, 5.41) is 8.81. The molecule has 0 unspecified atom stereocenters. The molecule has 5 nitrogen and oxygen atoms in total. The topological polar surface area (TPSA) is 75.6 Å². The van der Waals surface area contributed by atoms with E-state index in [9.17, 15) is 8.42 Å². The van der Waals surface area contributed by atoms with Crippen LogP contribution in [-0.2, 0) is 21.2 Å². The van der Waals surface area contributed by atoms with Gasteiger partial charge < -0.3 is 9.84 Å². The summed E-state index contributed by atoms with van der Waals surface area (Å²) in [7, 11) is -1.74. The van der Waals surface area contributed by atoms with Gasteiger partial charge in [0.05, 0.1) is 0 Å². The van der Waals surface area contributed by atoms with E-state index < -0.39 is 10.0 Å². The number of aliphatic hydroxyl groups is 1. The highest BCUT2D eigenvalue weighted by atomic mass is 32.2. The molecule has 1 aromatic rings. The fourth-order valence-corrected chi connectivity index (χ4v) is 4.04. The second-order valence-electron chi connectivity index (χ2n) is 4.15. The van der Waals surface area contributed by atoms with Gasteiger partial charge in [-0.15, -0.1) is 11.3 Å². The lowest BCUT2D eigenvalue weighted by molar-refractivity contribution is 0.192. The molecule has 0 radical (unpaired) electrons. The molecule has 0 spiro atoms. The maximum Gasteiger partial charge on any atom is 0.250 e. The summed E-state index contributed by atoms with van der Waals surface area (Å²) in [6.07, 6.45) is 3.18. The number of hydrogen-bond acceptors (Lipinski definition) is 5. The first-order valence-corrected chi connectivity index (χ1v) is 8.58. The lowest BCUT2D eigenvalue weighted by Crippen LogP contribution is -2.24. The smallest absolute Gasteiger partial charge is 0.250 e. The molecule has 0 aliphatic rings. The van der Waals surface area contributed by atoms with E-state index in [1.807, 2.05) is 0 Å². The number of ether oxygens (including phenoxy) is 1. The number of unbranched alkanes of at least 4 members (excludes halogenated alkanes) is 2. The van der Waals surface area contributed by atoms with Crippen molar-refractivity contribution in [2.75, 3.05) is 26.9 Å². The Labute approximate surface area is 118 Å². The lowest BCUT2D eigenvalue weighted by atomic mass is 10.2. The number of methoxy groups -OCH3 is 1. The molecule has 0 amide bonds. The van der Waals surface area contributed by atoms with Crippen molar-refractivity contribution in [3.05, 3.63) is 17.0 Å². The second kappa shape index (κ2) is 8.65. The zero-order valence-electron chi connectivity index (χ0n) is 11.1. The van der Waals surface area contributed by atoms with Gasteiger partial charge in [-0.05, 0) is 31.4 Å². The van der Waals surface area contributed by atoms with E-state index in [1.165, 1.54) is 11.3 Å². The first kappa shape index (κ1) is 16.6. The zero-order chi connectivity index (χ0) is 14.1. The summed E-state index contributed by atoms with van der Waals surface area (Å²) in [5.74, 6) is 0. The number of hydrogen-bond donors (Lipinski definition) is 2. The molecule has 110 valence electrons. The van der Waals surface area contributed by atoms with E-state index in [1.54, 1.807) is 19.2 Å². The van der Waals surface area contributed by atoms with Gasteiger partial charge in [-0.25, -0.2) is 13.1 Å². The minimum atomic E-state index is -3.39. The Morgan fingerprint density at radius 2 is 2.11 bits per heavy atom. The van der Waals surface area contributed by atoms with Gasteiger partial charge in [-0.2, -0.15) is 0 Å². The minimum absolute atomic E-state index is 0.0347. The summed E-state index contributed by atoms with van der Waals surface area (Å²) < 4.78 is 31.7. The number of sulfonamides is 1. The van der Waals surface area contributed by atoms with Gasteiger partial charge in [0.15, 0.2) is 0 Å². The zero-order valence-corrected chi connectivity index (χ0v) is 12.7. The molecule has 1 aromatic heterocycles. The Balaban J connectivity index is 2.38. The summed E-state index contributed by atoms with van der Waals surface area (Å²) in [5.41, 5.74) is 0. The molecule has 0 fully saturated rings. The second-order valence-corrected chi connectivity index (χ2v) is 7.31. The molecular formula is C12H21NO4S2. The molecule has 19 heavy (non-hydrogen) atoms. The average molecular weight is 307 g/mol. The van der Waals surface area contributed by atoms with Crippen molar-refractivity contribution in [2.24, 2.45) is 0 Å². The fourth-order valence-electron chi connectivity index (χ4n) is 1.57. The fraction of sp³-hybridized carbons (Fsp3) is 0.667. The van der Waals surface area contributed by atoms with Crippen LogP contribution in [0.1, 0.15) is 24.1 Å². The number of aliphatic hydroxyl groups excluding tert-OH is 1. The van der Waals surface area contributed by atoms with Crippen LogP contribution in [0.25, 0.3) is 0 Å². The average Bonchev–Trinajstić information content (AvgIpc) is 2.83. The lowest BCUT2D eigenvalue weighted by Gasteiger charge is -2.04. The Morgan fingerprint density at radius 3 is 2.79 bits per heavy atom. The van der Waals surface area contributed by atoms with E-state index in [4.69, 9.17) is 9.84 Å². The number of thiophene rings is 1. The number of nitrogens with one attached hydrogen (secondary N) is 1. The third-order valence-electron chi connectivity index (χ3n) is 2.58. The van der Waals surface area contributed by atoms with Crippen LogP contribution in [0.4, 0.5) is 0 Å². The van der Waals surface area contributed by atoms with Crippen molar-refractivity contribution in [1.29, 1.82) is 0 Å². The highest BCUT2D eigenvalue weighted by Gasteiger charge is 2.15. The Bertz CT molecular complexity index is 456. The predicted molar refractivity (Wildman–Crippen MR) is 76.0 cm³/mol. The van der Waals surface area contributed by atoms with Crippen molar-refractivity contribution < 1.29 is 18.3 Å². The molecular weight excluding hydrogens is 286 g/mol. The maximum atomic E-state index is 12.0. The molecule has 0 atom stereocenters. The van der Waals surface area contributed by atoms with Crippen molar-refractivity contribution in [1.82, 2.24) is 4.72 Å². The molecule has 0 aromatic carbocycles. The van der Waals surface area contributed by atoms with E-state index >= 15 is 0 Å². The van der Waals surface area contributed by atoms with Crippen molar-refractivity contribution in [3.8, 4) is 0 Å². The Morgan fingerprint density at radius 1 is 1.32 bits per heavy atom. The quantitative estimate of drug-likeness (QED) is 0.640. The summed E-state index contributed by atoms with van der Waals surface area (Å²) in [6, 6.07) is 3.33. The Hall–Kier alpha value is -0.470. The highest BCUT2D eigenvalue weighted by molar-refractivity contribution is 7.91. The van der Waals surface area contributed by atoms with Gasteiger partial charge in [0.1, 0.15) is 4.21 Å². The first-order chi connectivity index (χ1) is 9.10. The molecule has 1 heterocycles. The number of rotatable bonds is 10. The standard InChI is InChI=1S/C12H21NO4S2/c1-17-10-4-2-3-8-13-19(15,16)12-6-5-11(18-12)7-9-14/h5-6,13-14H,2-4,7-10H2,1H3. The summed E-state index contributed by atoms with van der Waals surface area (Å²) in [4.78, 5) is 0.878. The normalized spacial score (nSPS) is 11.9. The van der Waals surface area contributed by atoms with Crippen LogP contribution in [0.2, 0.25) is 0 Å². The van der Waals surface area contributed by atoms with Crippen LogP contribution in [0, 0.1) is 0 Å². The van der Waals surface area contributed by atoms with Gasteiger partial charge in [-0.3, -0.25) is 0 Å². The molecule has 0 bridgehead atoms. The third-order valence-corrected chi connectivity index (χ3v) is 5.68. The van der Waals surface area contributed by atoms with Crippen LogP contribution in [0.5, 0.6) is 0 Å². The summed E-state index contributed by atoms with van der Waals surface area (Å²) >= 11 is 1.21. The van der Waals surface area contributed by atoms with Crippen molar-refractivity contribution in [3.63, 3.8) is 0 Å². The molecule has 0 aliphatic heterocycles. The Kier molecular flexibility index (Phi) is 7.55. The van der Waals surface area contributed by atoms with Crippen LogP contribution in [0.15, 0.2) is 16.3 Å². The van der Waals surface area contributed by atoms with Crippen LogP contribution >= 0.6 is 11.3 Å². The molecule has 0 saturated carbocycles. The predicted octanol–water partition coefficient (Wildman–Crippen LogP) is 1.38. The van der Waals surface area contributed by atoms with Crippen LogP contribution < -0.4 is 4.72 Å². The maximum absolute atomic E-state index is 12.0. The van der Waals surface area contributed by atoms with Gasteiger partial charge in [0.25, 0.3) is 0 Å². The molecule has 0 aliphatic carbocycles. The largest absolute Gasteiger partial charge is 0.396 e. The van der Waals surface area contributed by atoms with E-state index in [0.717, 1.165) is 24.1 Å². The van der Waals surface area contributed by atoms with E-state index in [-0.39, 0.29) is 6.61 Å². The molecule has 7 heteroatoms. The molecule has 0 saturated heterocycles. The van der Waals surface area contributed by atoms with Gasteiger partial charge in [-0.1, -0.05) is 0 Å². The molecule has 1 rings (SSSR count). The SMILES string of the molecule is COCCCCCNS(=O)(=O)c1ccc(CCO)s1. The third kappa shape index (κ3) is 6.01. The van der Waals surface area contributed by atoms with Gasteiger partial charge in [0, 0.05) is 38.2 Å². The van der Waals surface area contributed by atoms with Crippen molar-refractivity contribution >= 4 is 21.4 Å². The van der Waals surface area contributed by atoms with Gasteiger partial charge in [0.2, 0.25) is 10.0 Å². The highest BCUT2D eigenvalue weighted by Crippen LogP contribution is 2.21. The monoisotopic (exact) mass is 307 g/mol.